The van der Waals surface area contributed by atoms with Crippen LogP contribution in [0.2, 0.25) is 0 Å². The minimum atomic E-state index is -2.18. The third-order valence-corrected chi connectivity index (χ3v) is 12.4. The number of benzene rings is 7. The smallest absolute Gasteiger partial charge is 0.149 e. The van der Waals surface area contributed by atoms with Crippen LogP contribution >= 0.6 is 0 Å². The minimum absolute atomic E-state index is 0.209. The summed E-state index contributed by atoms with van der Waals surface area (Å²) in [4.78, 5) is 10.6. The van der Waals surface area contributed by atoms with Crippen molar-refractivity contribution >= 4 is 11.0 Å². The quantitative estimate of drug-likeness (QED) is 0.157. The first-order chi connectivity index (χ1) is 32.3. The molecule has 0 aliphatic heterocycles. The lowest BCUT2D eigenvalue weighted by Gasteiger charge is -2.27. The summed E-state index contributed by atoms with van der Waals surface area (Å²) in [5.74, 6) is 1.37. The van der Waals surface area contributed by atoms with E-state index in [1.165, 1.54) is 5.56 Å². The van der Waals surface area contributed by atoms with Crippen LogP contribution in [0, 0.1) is 12.8 Å². The van der Waals surface area contributed by atoms with Gasteiger partial charge in [0.15, 0.2) is 0 Å². The summed E-state index contributed by atoms with van der Waals surface area (Å²) in [5, 5.41) is 12.6. The summed E-state index contributed by atoms with van der Waals surface area (Å²) in [6.45, 7) is 15.4. The van der Waals surface area contributed by atoms with Crippen LogP contribution in [0.15, 0.2) is 170 Å². The highest BCUT2D eigenvalue weighted by Crippen LogP contribution is 2.46. The molecule has 65 heavy (non-hydrogen) atoms. The molecule has 324 valence electrons. The lowest BCUT2D eigenvalue weighted by Crippen LogP contribution is -2.17. The van der Waals surface area contributed by atoms with Crippen molar-refractivity contribution in [2.24, 2.45) is 5.92 Å². The van der Waals surface area contributed by atoms with Gasteiger partial charge in [-0.1, -0.05) is 170 Å². The number of phenols is 1. The first kappa shape index (κ1) is 39.5. The van der Waals surface area contributed by atoms with Crippen LogP contribution in [0.3, 0.4) is 0 Å². The van der Waals surface area contributed by atoms with E-state index in [-0.39, 0.29) is 16.6 Å². The molecule has 2 heterocycles. The van der Waals surface area contributed by atoms with Gasteiger partial charge in [0.2, 0.25) is 0 Å². The van der Waals surface area contributed by atoms with Gasteiger partial charge in [0.25, 0.3) is 0 Å². The monoisotopic (exact) mass is 852 g/mol. The number of aromatic nitrogens is 3. The topological polar surface area (TPSA) is 50.9 Å². The molecule has 0 aliphatic carbocycles. The van der Waals surface area contributed by atoms with Gasteiger partial charge in [-0.2, -0.15) is 0 Å². The Kier molecular flexibility index (Phi) is 10.4. The first-order valence-corrected chi connectivity index (χ1v) is 22.7. The van der Waals surface area contributed by atoms with Crippen LogP contribution in [0.4, 0.5) is 0 Å². The number of rotatable bonds is 9. The average molecular weight is 853 g/mol. The number of phenolic OH excluding ortho intramolecular Hbond substituents is 1. The molecular weight excluding hydrogens is 791 g/mol. The molecule has 9 rings (SSSR count). The fourth-order valence-electron chi connectivity index (χ4n) is 8.95. The number of pyridine rings is 1. The average Bonchev–Trinajstić information content (AvgIpc) is 3.70. The second-order valence-corrected chi connectivity index (χ2v) is 19.9. The van der Waals surface area contributed by atoms with Crippen LogP contribution in [0.1, 0.15) is 81.8 Å². The Labute approximate surface area is 389 Å². The van der Waals surface area contributed by atoms with E-state index in [1.807, 2.05) is 30.5 Å². The highest BCUT2D eigenvalue weighted by molar-refractivity contribution is 5.98. The summed E-state index contributed by atoms with van der Waals surface area (Å²) in [6.07, 6.45) is 2.76. The second kappa shape index (κ2) is 17.2. The maximum Gasteiger partial charge on any atom is 0.149 e. The molecule has 0 amide bonds. The number of fused-ring (bicyclic) bond motifs is 1. The second-order valence-electron chi connectivity index (χ2n) is 19.9. The minimum Gasteiger partial charge on any atom is -0.507 e. The van der Waals surface area contributed by atoms with Gasteiger partial charge in [0.05, 0.1) is 28.0 Å². The highest BCUT2D eigenvalue weighted by atomic mass is 16.3. The summed E-state index contributed by atoms with van der Waals surface area (Å²) in [5.41, 5.74) is 16.1. The number of hydrogen-bond acceptors (Lipinski definition) is 3. The molecule has 0 saturated carbocycles. The highest BCUT2D eigenvalue weighted by Gasteiger charge is 2.29. The molecule has 0 spiro atoms. The van der Waals surface area contributed by atoms with Gasteiger partial charge in [-0.3, -0.25) is 9.55 Å². The number of nitrogens with zero attached hydrogens (tertiary/aromatic N) is 3. The zero-order valence-electron chi connectivity index (χ0n) is 41.7. The predicted molar refractivity (Wildman–Crippen MR) is 274 cm³/mol. The molecule has 2 aromatic heterocycles. The molecule has 0 bridgehead atoms. The number of aryl methyl sites for hydroxylation is 1. The zero-order valence-corrected chi connectivity index (χ0v) is 38.7. The molecule has 0 aliphatic rings. The van der Waals surface area contributed by atoms with Crippen LogP contribution in [-0.2, 0) is 17.3 Å². The Morgan fingerprint density at radius 2 is 1.25 bits per heavy atom. The summed E-state index contributed by atoms with van der Waals surface area (Å²) in [6, 6.07) is 56.2. The Hall–Kier alpha value is -7.04. The maximum atomic E-state index is 12.6. The lowest BCUT2D eigenvalue weighted by molar-refractivity contribution is 0.446. The zero-order chi connectivity index (χ0) is 48.1. The molecule has 0 fully saturated rings. The van der Waals surface area contributed by atoms with E-state index < -0.39 is 6.85 Å². The number of hydrogen-bond donors (Lipinski definition) is 1. The van der Waals surface area contributed by atoms with E-state index in [0.717, 1.165) is 90.0 Å². The van der Waals surface area contributed by atoms with Crippen molar-refractivity contribution in [3.05, 3.63) is 192 Å². The normalized spacial score (nSPS) is 12.9. The van der Waals surface area contributed by atoms with Gasteiger partial charge in [-0.05, 0) is 129 Å². The van der Waals surface area contributed by atoms with Crippen LogP contribution in [-0.4, -0.2) is 19.6 Å². The number of aromatic hydroxyl groups is 1. The van der Waals surface area contributed by atoms with Gasteiger partial charge in [-0.15, -0.1) is 0 Å². The molecule has 0 saturated heterocycles. The van der Waals surface area contributed by atoms with Crippen molar-refractivity contribution in [3.8, 4) is 78.6 Å². The fraction of sp³-hybridized carbons (Fsp3) is 0.213. The molecule has 0 unspecified atom stereocenters. The Morgan fingerprint density at radius 1 is 0.569 bits per heavy atom. The van der Waals surface area contributed by atoms with Crippen molar-refractivity contribution in [1.82, 2.24) is 14.5 Å². The number of para-hydroxylation sites is 1. The summed E-state index contributed by atoms with van der Waals surface area (Å²) >= 11 is 0. The number of imidazole rings is 1. The molecule has 1 N–H and O–H groups in total. The van der Waals surface area contributed by atoms with Gasteiger partial charge in [-0.25, -0.2) is 4.98 Å². The van der Waals surface area contributed by atoms with Crippen LogP contribution < -0.4 is 0 Å². The van der Waals surface area contributed by atoms with Crippen molar-refractivity contribution in [3.63, 3.8) is 0 Å². The van der Waals surface area contributed by atoms with Crippen molar-refractivity contribution in [1.29, 1.82) is 0 Å². The predicted octanol–water partition coefficient (Wildman–Crippen LogP) is 16.2. The van der Waals surface area contributed by atoms with E-state index in [0.29, 0.717) is 22.9 Å². The van der Waals surface area contributed by atoms with Crippen LogP contribution in [0.25, 0.3) is 83.9 Å². The van der Waals surface area contributed by atoms with E-state index in [2.05, 4.69) is 187 Å². The van der Waals surface area contributed by atoms with E-state index >= 15 is 0 Å². The van der Waals surface area contributed by atoms with E-state index in [1.54, 1.807) is 12.1 Å². The molecule has 9 aromatic rings. The Morgan fingerprint density at radius 3 is 1.92 bits per heavy atom. The summed E-state index contributed by atoms with van der Waals surface area (Å²) in [7, 11) is 0. The van der Waals surface area contributed by atoms with Gasteiger partial charge < -0.3 is 5.11 Å². The van der Waals surface area contributed by atoms with Gasteiger partial charge >= 0.3 is 0 Å². The molecule has 4 heteroatoms. The third-order valence-electron chi connectivity index (χ3n) is 12.4. The van der Waals surface area contributed by atoms with Crippen molar-refractivity contribution in [2.45, 2.75) is 79.5 Å². The molecule has 0 radical (unpaired) electrons. The summed E-state index contributed by atoms with van der Waals surface area (Å²) < 4.78 is 25.9. The van der Waals surface area contributed by atoms with Gasteiger partial charge in [0, 0.05) is 32.6 Å². The van der Waals surface area contributed by atoms with E-state index in [4.69, 9.17) is 14.1 Å². The molecular formula is C61H59N3O. The third kappa shape index (κ3) is 8.78. The molecule has 0 atom stereocenters. The first-order valence-electron chi connectivity index (χ1n) is 24.2. The van der Waals surface area contributed by atoms with Crippen molar-refractivity contribution < 1.29 is 9.22 Å². The fourth-order valence-corrected chi connectivity index (χ4v) is 8.95. The van der Waals surface area contributed by atoms with E-state index in [9.17, 15) is 5.11 Å². The van der Waals surface area contributed by atoms with Crippen LogP contribution in [0.5, 0.6) is 5.75 Å². The van der Waals surface area contributed by atoms with Crippen molar-refractivity contribution in [2.75, 3.05) is 0 Å². The maximum absolute atomic E-state index is 12.6. The van der Waals surface area contributed by atoms with Gasteiger partial charge in [0.1, 0.15) is 11.6 Å². The Balaban J connectivity index is 1.33. The Bertz CT molecular complexity index is 3280. The molecule has 7 aromatic carbocycles. The lowest BCUT2D eigenvalue weighted by atomic mass is 9.79. The standard InChI is InChI=1S/C61H59N3O/c1-39(2)31-41-25-28-55(51(32-41)44-19-14-11-15-20-44)64-56-22-16-21-50(57(56)63-59(64)52-37-49(60(4,5)6)38-53(58(52)65)61(7,8)9)47-33-46(42-17-12-10-13-18-42)34-48(35-47)54-36-45(29-30-62-54)43-26-23-40(3)24-27-43/h10-30,32-39,65H,31H2,1-9H3/i3D3. The molecule has 4 nitrogen and oxygen atoms in total. The SMILES string of the molecule is [2H]C([2H])([2H])c1ccc(-c2ccnc(-c3cc(-c4ccccc4)cc(-c4cccc5c4nc(-c4cc(C(C)(C)C)cc(C(C)(C)C)c4O)n5-c4ccc(CC(C)C)cc4-c4ccccc4)c3)c2)cc1. The largest absolute Gasteiger partial charge is 0.507 e.